The van der Waals surface area contributed by atoms with E-state index in [0.29, 0.717) is 39.2 Å². The molecule has 0 spiro atoms. The Hall–Kier alpha value is -2.11. The number of hydrogen-bond acceptors (Lipinski definition) is 4. The lowest BCUT2D eigenvalue weighted by Crippen LogP contribution is -2.51. The average molecular weight is 277 g/mol. The second kappa shape index (κ2) is 6.88. The highest BCUT2D eigenvalue weighted by atomic mass is 16.6. The molecular weight excluding hydrogens is 258 g/mol. The summed E-state index contributed by atoms with van der Waals surface area (Å²) in [7, 11) is 0. The Kier molecular flexibility index (Phi) is 4.92. The number of ether oxygens (including phenoxy) is 1. The molecule has 2 rings (SSSR count). The van der Waals surface area contributed by atoms with Gasteiger partial charge in [0, 0.05) is 38.6 Å². The van der Waals surface area contributed by atoms with Crippen molar-refractivity contribution in [1.82, 2.24) is 14.8 Å². The smallest absolute Gasteiger partial charge is 0.409 e. The third kappa shape index (κ3) is 3.69. The van der Waals surface area contributed by atoms with Gasteiger partial charge in [-0.15, -0.1) is 0 Å². The first-order chi connectivity index (χ1) is 9.70. The van der Waals surface area contributed by atoms with Crippen molar-refractivity contribution in [1.29, 1.82) is 0 Å². The molecule has 1 saturated heterocycles. The number of carbonyl (C=O) groups excluding carboxylic acids is 2. The van der Waals surface area contributed by atoms with Crippen molar-refractivity contribution in [3.63, 3.8) is 0 Å². The van der Waals surface area contributed by atoms with Gasteiger partial charge in [0.2, 0.25) is 5.91 Å². The molecule has 1 aromatic heterocycles. The maximum absolute atomic E-state index is 12.1. The van der Waals surface area contributed by atoms with Gasteiger partial charge in [0.25, 0.3) is 0 Å². The lowest BCUT2D eigenvalue weighted by molar-refractivity contribution is -0.132. The Bertz CT molecular complexity index is 456. The molecule has 0 atom stereocenters. The maximum atomic E-state index is 12.1. The van der Waals surface area contributed by atoms with Crippen molar-refractivity contribution in [3.05, 3.63) is 30.1 Å². The summed E-state index contributed by atoms with van der Waals surface area (Å²) in [6.45, 7) is 4.32. The monoisotopic (exact) mass is 277 g/mol. The predicted octanol–water partition coefficient (Wildman–Crippen LogP) is 0.925. The molecule has 0 bridgehead atoms. The van der Waals surface area contributed by atoms with Gasteiger partial charge in [0.05, 0.1) is 13.0 Å². The Balaban J connectivity index is 1.81. The van der Waals surface area contributed by atoms with Crippen LogP contribution in [0.25, 0.3) is 0 Å². The van der Waals surface area contributed by atoms with Crippen LogP contribution in [0, 0.1) is 0 Å². The minimum absolute atomic E-state index is 0.0708. The van der Waals surface area contributed by atoms with Crippen molar-refractivity contribution in [2.75, 3.05) is 32.8 Å². The molecule has 2 amide bonds. The maximum Gasteiger partial charge on any atom is 0.409 e. The molecule has 0 radical (unpaired) electrons. The molecule has 1 aliphatic heterocycles. The van der Waals surface area contributed by atoms with Crippen LogP contribution in [0.15, 0.2) is 24.5 Å². The van der Waals surface area contributed by atoms with Crippen molar-refractivity contribution in [3.8, 4) is 0 Å². The van der Waals surface area contributed by atoms with E-state index in [1.54, 1.807) is 29.1 Å². The van der Waals surface area contributed by atoms with E-state index >= 15 is 0 Å². The van der Waals surface area contributed by atoms with Crippen molar-refractivity contribution in [2.45, 2.75) is 13.3 Å². The summed E-state index contributed by atoms with van der Waals surface area (Å²) in [5, 5.41) is 0. The van der Waals surface area contributed by atoms with Gasteiger partial charge in [-0.25, -0.2) is 4.79 Å². The van der Waals surface area contributed by atoms with Crippen LogP contribution in [0.3, 0.4) is 0 Å². The number of rotatable bonds is 3. The molecule has 6 nitrogen and oxygen atoms in total. The Morgan fingerprint density at radius 2 is 1.95 bits per heavy atom. The Labute approximate surface area is 118 Å². The SMILES string of the molecule is CCOC(=O)N1CCN(C(=O)Cc2cccnc2)CC1. The molecule has 108 valence electrons. The highest BCUT2D eigenvalue weighted by molar-refractivity contribution is 5.79. The van der Waals surface area contributed by atoms with E-state index in [1.807, 2.05) is 12.1 Å². The molecule has 20 heavy (non-hydrogen) atoms. The topological polar surface area (TPSA) is 62.7 Å². The fourth-order valence-corrected chi connectivity index (χ4v) is 2.14. The summed E-state index contributed by atoms with van der Waals surface area (Å²) in [4.78, 5) is 31.1. The second-order valence-electron chi connectivity index (χ2n) is 4.60. The number of amides is 2. The van der Waals surface area contributed by atoms with Crippen molar-refractivity contribution >= 4 is 12.0 Å². The lowest BCUT2D eigenvalue weighted by atomic mass is 10.2. The van der Waals surface area contributed by atoms with E-state index in [9.17, 15) is 9.59 Å². The van der Waals surface area contributed by atoms with Crippen LogP contribution in [0.2, 0.25) is 0 Å². The molecule has 0 N–H and O–H groups in total. The first-order valence-corrected chi connectivity index (χ1v) is 6.79. The average Bonchev–Trinajstić information content (AvgIpc) is 2.48. The van der Waals surface area contributed by atoms with Crippen LogP contribution in [-0.2, 0) is 16.0 Å². The van der Waals surface area contributed by atoms with E-state index < -0.39 is 0 Å². The van der Waals surface area contributed by atoms with Crippen molar-refractivity contribution in [2.24, 2.45) is 0 Å². The molecule has 1 fully saturated rings. The third-order valence-corrected chi connectivity index (χ3v) is 3.24. The number of aromatic nitrogens is 1. The van der Waals surface area contributed by atoms with Gasteiger partial charge in [-0.3, -0.25) is 9.78 Å². The number of nitrogens with zero attached hydrogens (tertiary/aromatic N) is 3. The van der Waals surface area contributed by atoms with E-state index in [1.165, 1.54) is 0 Å². The number of carbonyl (C=O) groups is 2. The van der Waals surface area contributed by atoms with E-state index in [0.717, 1.165) is 5.56 Å². The number of piperazine rings is 1. The minimum Gasteiger partial charge on any atom is -0.450 e. The van der Waals surface area contributed by atoms with Crippen LogP contribution in [0.5, 0.6) is 0 Å². The molecule has 0 saturated carbocycles. The standard InChI is InChI=1S/C14H19N3O3/c1-2-20-14(19)17-8-6-16(7-9-17)13(18)10-12-4-3-5-15-11-12/h3-5,11H,2,6-10H2,1H3. The van der Waals surface area contributed by atoms with Crippen LogP contribution >= 0.6 is 0 Å². The van der Waals surface area contributed by atoms with Gasteiger partial charge < -0.3 is 14.5 Å². The third-order valence-electron chi connectivity index (χ3n) is 3.24. The predicted molar refractivity (Wildman–Crippen MR) is 73.1 cm³/mol. The van der Waals surface area contributed by atoms with Gasteiger partial charge in [0.1, 0.15) is 0 Å². The van der Waals surface area contributed by atoms with Gasteiger partial charge >= 0.3 is 6.09 Å². The van der Waals surface area contributed by atoms with Gasteiger partial charge in [0.15, 0.2) is 0 Å². The minimum atomic E-state index is -0.299. The first-order valence-electron chi connectivity index (χ1n) is 6.79. The van der Waals surface area contributed by atoms with Crippen LogP contribution in [-0.4, -0.2) is 59.6 Å². The highest BCUT2D eigenvalue weighted by Gasteiger charge is 2.24. The molecule has 1 aromatic rings. The summed E-state index contributed by atoms with van der Waals surface area (Å²) in [5.74, 6) is 0.0708. The molecule has 2 heterocycles. The van der Waals surface area contributed by atoms with Gasteiger partial charge in [-0.1, -0.05) is 6.07 Å². The largest absolute Gasteiger partial charge is 0.450 e. The summed E-state index contributed by atoms with van der Waals surface area (Å²) in [6.07, 6.45) is 3.44. The zero-order valence-electron chi connectivity index (χ0n) is 11.6. The quantitative estimate of drug-likeness (QED) is 0.824. The zero-order chi connectivity index (χ0) is 14.4. The van der Waals surface area contributed by atoms with Crippen LogP contribution in [0.4, 0.5) is 4.79 Å². The fraction of sp³-hybridized carbons (Fsp3) is 0.500. The molecule has 1 aliphatic rings. The highest BCUT2D eigenvalue weighted by Crippen LogP contribution is 2.07. The van der Waals surface area contributed by atoms with Crippen molar-refractivity contribution < 1.29 is 14.3 Å². The summed E-state index contributed by atoms with van der Waals surface area (Å²) >= 11 is 0. The summed E-state index contributed by atoms with van der Waals surface area (Å²) in [5.41, 5.74) is 0.908. The van der Waals surface area contributed by atoms with Crippen LogP contribution < -0.4 is 0 Å². The molecule has 6 heteroatoms. The Morgan fingerprint density at radius 1 is 1.25 bits per heavy atom. The van der Waals surface area contributed by atoms with E-state index in [4.69, 9.17) is 4.74 Å². The lowest BCUT2D eigenvalue weighted by Gasteiger charge is -2.34. The number of pyridine rings is 1. The molecule has 0 unspecified atom stereocenters. The van der Waals surface area contributed by atoms with Gasteiger partial charge in [-0.05, 0) is 18.6 Å². The van der Waals surface area contributed by atoms with E-state index in [2.05, 4.69) is 4.98 Å². The second-order valence-corrected chi connectivity index (χ2v) is 4.60. The normalized spacial score (nSPS) is 15.1. The molecular formula is C14H19N3O3. The zero-order valence-corrected chi connectivity index (χ0v) is 11.6. The van der Waals surface area contributed by atoms with Gasteiger partial charge in [-0.2, -0.15) is 0 Å². The molecule has 0 aliphatic carbocycles. The number of hydrogen-bond donors (Lipinski definition) is 0. The summed E-state index contributed by atoms with van der Waals surface area (Å²) < 4.78 is 4.95. The van der Waals surface area contributed by atoms with E-state index in [-0.39, 0.29) is 12.0 Å². The Morgan fingerprint density at radius 3 is 2.55 bits per heavy atom. The first kappa shape index (κ1) is 14.3. The summed E-state index contributed by atoms with van der Waals surface area (Å²) in [6, 6.07) is 3.71. The molecule has 0 aromatic carbocycles. The van der Waals surface area contributed by atoms with Crippen LogP contribution in [0.1, 0.15) is 12.5 Å². The fourth-order valence-electron chi connectivity index (χ4n) is 2.14.